The predicted molar refractivity (Wildman–Crippen MR) is 93.6 cm³/mol. The molecule has 7 heteroatoms. The van der Waals surface area contributed by atoms with Gasteiger partial charge in [-0.25, -0.2) is 9.78 Å². The maximum atomic E-state index is 12.7. The number of fused-ring (bicyclic) bond motifs is 1. The number of ether oxygens (including phenoxy) is 1. The summed E-state index contributed by atoms with van der Waals surface area (Å²) in [6.07, 6.45) is 1.15. The molecule has 0 bridgehead atoms. The number of hydrogen-bond acceptors (Lipinski definition) is 4. The summed E-state index contributed by atoms with van der Waals surface area (Å²) in [5.74, 6) is 0.240. The molecule has 2 fully saturated rings. The van der Waals surface area contributed by atoms with Crippen molar-refractivity contribution >= 4 is 33.7 Å². The van der Waals surface area contributed by atoms with E-state index in [0.29, 0.717) is 16.8 Å². The highest BCUT2D eigenvalue weighted by molar-refractivity contribution is 9.10. The van der Waals surface area contributed by atoms with Crippen molar-refractivity contribution in [3.05, 3.63) is 22.8 Å². The fourth-order valence-corrected chi connectivity index (χ4v) is 3.61. The smallest absolute Gasteiger partial charge is 0.411 e. The molecule has 1 saturated heterocycles. The molecule has 24 heavy (non-hydrogen) atoms. The first-order chi connectivity index (χ1) is 11.1. The molecule has 130 valence electrons. The van der Waals surface area contributed by atoms with E-state index in [0.717, 1.165) is 6.42 Å². The first kappa shape index (κ1) is 17.2. The van der Waals surface area contributed by atoms with Crippen LogP contribution in [0.25, 0.3) is 0 Å². The molecule has 2 aliphatic rings. The summed E-state index contributed by atoms with van der Waals surface area (Å²) in [7, 11) is 0. The van der Waals surface area contributed by atoms with Crippen molar-refractivity contribution in [2.75, 3.05) is 5.32 Å². The van der Waals surface area contributed by atoms with Crippen molar-refractivity contribution in [2.24, 2.45) is 5.41 Å². The van der Waals surface area contributed by atoms with Gasteiger partial charge in [0.25, 0.3) is 0 Å². The van der Waals surface area contributed by atoms with E-state index in [-0.39, 0.29) is 17.4 Å². The van der Waals surface area contributed by atoms with Crippen molar-refractivity contribution in [3.63, 3.8) is 0 Å². The lowest BCUT2D eigenvalue weighted by atomic mass is 10.0. The molecule has 0 radical (unpaired) electrons. The molecular weight excluding hydrogens is 374 g/mol. The summed E-state index contributed by atoms with van der Waals surface area (Å²) in [5, 5.41) is 2.80. The Hall–Kier alpha value is -1.63. The van der Waals surface area contributed by atoms with Crippen LogP contribution in [0.4, 0.5) is 10.6 Å². The lowest BCUT2D eigenvalue weighted by Crippen LogP contribution is -2.47. The number of halogens is 1. The Labute approximate surface area is 150 Å². The number of nitrogens with zero attached hydrogens (tertiary/aromatic N) is 2. The number of nitrogens with one attached hydrogen (secondary N) is 1. The number of anilines is 1. The quantitative estimate of drug-likeness (QED) is 0.776. The highest BCUT2D eigenvalue weighted by Crippen LogP contribution is 2.59. The third kappa shape index (κ3) is 3.41. The topological polar surface area (TPSA) is 71.5 Å². The van der Waals surface area contributed by atoms with E-state index >= 15 is 0 Å². The zero-order chi connectivity index (χ0) is 17.7. The van der Waals surface area contributed by atoms with Gasteiger partial charge in [-0.2, -0.15) is 0 Å². The number of carbonyl (C=O) groups excluding carboxylic acids is 2. The molecule has 2 amide bonds. The first-order valence-electron chi connectivity index (χ1n) is 8.04. The van der Waals surface area contributed by atoms with Crippen LogP contribution in [0.5, 0.6) is 0 Å². The third-order valence-corrected chi connectivity index (χ3v) is 4.95. The average molecular weight is 396 g/mol. The van der Waals surface area contributed by atoms with E-state index < -0.39 is 17.7 Å². The molecule has 1 aliphatic heterocycles. The van der Waals surface area contributed by atoms with Gasteiger partial charge < -0.3 is 10.1 Å². The van der Waals surface area contributed by atoms with Crippen molar-refractivity contribution in [1.29, 1.82) is 0 Å². The van der Waals surface area contributed by atoms with Gasteiger partial charge in [-0.1, -0.05) is 13.0 Å². The second-order valence-electron chi connectivity index (χ2n) is 7.82. The van der Waals surface area contributed by atoms with Crippen LogP contribution >= 0.6 is 15.9 Å². The normalized spacial score (nSPS) is 28.3. The van der Waals surface area contributed by atoms with E-state index in [1.165, 1.54) is 0 Å². The Morgan fingerprint density at radius 3 is 2.71 bits per heavy atom. The van der Waals surface area contributed by atoms with Crippen LogP contribution in [0.3, 0.4) is 0 Å². The zero-order valence-electron chi connectivity index (χ0n) is 14.3. The van der Waals surface area contributed by atoms with E-state index in [1.807, 2.05) is 20.8 Å². The summed E-state index contributed by atoms with van der Waals surface area (Å²) >= 11 is 3.28. The van der Waals surface area contributed by atoms with Crippen molar-refractivity contribution in [2.45, 2.75) is 58.2 Å². The molecule has 1 aromatic rings. The Morgan fingerprint density at radius 2 is 2.08 bits per heavy atom. The Kier molecular flexibility index (Phi) is 4.10. The number of aromatic nitrogens is 1. The van der Waals surface area contributed by atoms with Gasteiger partial charge in [0.2, 0.25) is 5.91 Å². The van der Waals surface area contributed by atoms with E-state index in [9.17, 15) is 9.59 Å². The second-order valence-corrected chi connectivity index (χ2v) is 8.63. The number of rotatable bonds is 2. The van der Waals surface area contributed by atoms with Gasteiger partial charge in [-0.15, -0.1) is 0 Å². The molecule has 1 N–H and O–H groups in total. The van der Waals surface area contributed by atoms with Gasteiger partial charge in [-0.3, -0.25) is 9.69 Å². The summed E-state index contributed by atoms with van der Waals surface area (Å²) < 4.78 is 6.14. The molecule has 1 saturated carbocycles. The van der Waals surface area contributed by atoms with E-state index in [4.69, 9.17) is 4.74 Å². The SMILES string of the molecule is CC(C)(C)OC(=O)N1C(C(=O)Nc2cccc(Br)n2)CC2(C)CC12. The molecule has 3 unspecified atom stereocenters. The molecule has 2 heterocycles. The van der Waals surface area contributed by atoms with Crippen LogP contribution < -0.4 is 5.32 Å². The van der Waals surface area contributed by atoms with Crippen LogP contribution in [0.2, 0.25) is 0 Å². The van der Waals surface area contributed by atoms with Crippen LogP contribution in [-0.4, -0.2) is 39.6 Å². The standard InChI is InChI=1S/C17H22BrN3O3/c1-16(2,3)24-15(23)21-10(8-17(4)9-11(17)21)14(22)20-13-7-5-6-12(18)19-13/h5-7,10-11H,8-9H2,1-4H3,(H,19,20,22). The molecule has 3 atom stereocenters. The van der Waals surface area contributed by atoms with Gasteiger partial charge in [0.15, 0.2) is 0 Å². The van der Waals surface area contributed by atoms with Crippen LogP contribution in [-0.2, 0) is 9.53 Å². The number of pyridine rings is 1. The van der Waals surface area contributed by atoms with Crippen LogP contribution in [0.15, 0.2) is 22.8 Å². The van der Waals surface area contributed by atoms with Gasteiger partial charge in [0.05, 0.1) is 0 Å². The van der Waals surface area contributed by atoms with Crippen molar-refractivity contribution in [1.82, 2.24) is 9.88 Å². The summed E-state index contributed by atoms with van der Waals surface area (Å²) in [5.41, 5.74) is -0.568. The molecular formula is C17H22BrN3O3. The van der Waals surface area contributed by atoms with Crippen molar-refractivity contribution in [3.8, 4) is 0 Å². The lowest BCUT2D eigenvalue weighted by Gasteiger charge is -2.29. The Balaban J connectivity index is 1.75. The number of carbonyl (C=O) groups is 2. The minimum atomic E-state index is -0.585. The lowest BCUT2D eigenvalue weighted by molar-refractivity contribution is -0.121. The monoisotopic (exact) mass is 395 g/mol. The predicted octanol–water partition coefficient (Wildman–Crippen LogP) is 3.57. The number of piperidine rings is 1. The Bertz CT molecular complexity index is 688. The van der Waals surface area contributed by atoms with Gasteiger partial charge in [-0.05, 0) is 67.1 Å². The summed E-state index contributed by atoms with van der Waals surface area (Å²) in [6.45, 7) is 7.59. The van der Waals surface area contributed by atoms with Crippen LogP contribution in [0.1, 0.15) is 40.5 Å². The molecule has 0 aromatic carbocycles. The zero-order valence-corrected chi connectivity index (χ0v) is 15.9. The fourth-order valence-electron chi connectivity index (χ4n) is 3.27. The maximum Gasteiger partial charge on any atom is 0.411 e. The summed E-state index contributed by atoms with van der Waals surface area (Å²) in [4.78, 5) is 31.1. The molecule has 1 aromatic heterocycles. The Morgan fingerprint density at radius 1 is 1.38 bits per heavy atom. The van der Waals surface area contributed by atoms with Gasteiger partial charge in [0.1, 0.15) is 22.1 Å². The molecule has 3 rings (SSSR count). The largest absolute Gasteiger partial charge is 0.444 e. The summed E-state index contributed by atoms with van der Waals surface area (Å²) in [6, 6.07) is 4.86. The van der Waals surface area contributed by atoms with Gasteiger partial charge >= 0.3 is 6.09 Å². The highest BCUT2D eigenvalue weighted by atomic mass is 79.9. The molecule has 1 aliphatic carbocycles. The first-order valence-corrected chi connectivity index (χ1v) is 8.83. The van der Waals surface area contributed by atoms with E-state index in [2.05, 4.69) is 33.2 Å². The molecule has 0 spiro atoms. The third-order valence-electron chi connectivity index (χ3n) is 4.51. The van der Waals surface area contributed by atoms with Crippen LogP contribution in [0, 0.1) is 5.41 Å². The number of hydrogen-bond donors (Lipinski definition) is 1. The van der Waals surface area contributed by atoms with E-state index in [1.54, 1.807) is 23.1 Å². The highest BCUT2D eigenvalue weighted by Gasteiger charge is 2.65. The maximum absolute atomic E-state index is 12.7. The number of likely N-dealkylation sites (tertiary alicyclic amines) is 1. The second kappa shape index (κ2) is 5.72. The minimum Gasteiger partial charge on any atom is -0.444 e. The average Bonchev–Trinajstić information content (AvgIpc) is 2.98. The fraction of sp³-hybridized carbons (Fsp3) is 0.588. The number of amides is 2. The molecule has 6 nitrogen and oxygen atoms in total. The van der Waals surface area contributed by atoms with Gasteiger partial charge in [0, 0.05) is 6.04 Å². The van der Waals surface area contributed by atoms with Crippen molar-refractivity contribution < 1.29 is 14.3 Å². The minimum absolute atomic E-state index is 0.0175.